The van der Waals surface area contributed by atoms with Gasteiger partial charge < -0.3 is 14.5 Å². The first kappa shape index (κ1) is 22.6. The molecule has 3 aromatic rings. The number of halogens is 1. The van der Waals surface area contributed by atoms with Crippen LogP contribution in [0.4, 0.5) is 10.1 Å². The van der Waals surface area contributed by atoms with Crippen LogP contribution in [-0.4, -0.2) is 53.2 Å². The number of anilines is 1. The highest BCUT2D eigenvalue weighted by Gasteiger charge is 2.26. The van der Waals surface area contributed by atoms with Gasteiger partial charge in [0, 0.05) is 11.5 Å². The lowest BCUT2D eigenvalue weighted by Gasteiger charge is -2.29. The summed E-state index contributed by atoms with van der Waals surface area (Å²) in [5.74, 6) is 0.0547. The number of carbonyl (C=O) groups excluding carboxylic acids is 2. The lowest BCUT2D eigenvalue weighted by atomic mass is 9.97. The molecule has 1 fully saturated rings. The lowest BCUT2D eigenvalue weighted by molar-refractivity contribution is -0.117. The predicted octanol–water partition coefficient (Wildman–Crippen LogP) is 3.87. The molecule has 4 rings (SSSR count). The largest absolute Gasteiger partial charge is 0.462 e. The molecule has 0 saturated carbocycles. The van der Waals surface area contributed by atoms with E-state index in [0.29, 0.717) is 41.7 Å². The number of ether oxygens (including phenoxy) is 1. The fourth-order valence-corrected chi connectivity index (χ4v) is 3.82. The van der Waals surface area contributed by atoms with Crippen LogP contribution in [0, 0.1) is 5.82 Å². The SMILES string of the molecule is CCOC(=O)c1ccccc1NC(=O)CN1CCC(c2nnc(-c3ccc(F)cc3)o2)CC1. The highest BCUT2D eigenvalue weighted by molar-refractivity contribution is 6.01. The molecule has 0 atom stereocenters. The number of carbonyl (C=O) groups is 2. The normalized spacial score (nSPS) is 14.7. The van der Waals surface area contributed by atoms with Crippen LogP contribution in [0.15, 0.2) is 52.9 Å². The number of likely N-dealkylation sites (tertiary alicyclic amines) is 1. The maximum atomic E-state index is 13.1. The minimum atomic E-state index is -0.464. The van der Waals surface area contributed by atoms with E-state index in [1.165, 1.54) is 12.1 Å². The quantitative estimate of drug-likeness (QED) is 0.544. The molecular formula is C24H25FN4O4. The number of rotatable bonds is 7. The van der Waals surface area contributed by atoms with Crippen molar-refractivity contribution in [2.45, 2.75) is 25.7 Å². The molecule has 1 aliphatic rings. The molecule has 1 aromatic heterocycles. The molecule has 1 N–H and O–H groups in total. The Labute approximate surface area is 190 Å². The number of benzene rings is 2. The summed E-state index contributed by atoms with van der Waals surface area (Å²) in [5.41, 5.74) is 1.45. The fourth-order valence-electron chi connectivity index (χ4n) is 3.82. The van der Waals surface area contributed by atoms with E-state index < -0.39 is 5.97 Å². The molecule has 0 spiro atoms. The van der Waals surface area contributed by atoms with Gasteiger partial charge in [0.1, 0.15) is 5.82 Å². The van der Waals surface area contributed by atoms with E-state index in [0.717, 1.165) is 12.8 Å². The summed E-state index contributed by atoms with van der Waals surface area (Å²) in [6, 6.07) is 12.7. The van der Waals surface area contributed by atoms with E-state index >= 15 is 0 Å². The fraction of sp³-hybridized carbons (Fsp3) is 0.333. The van der Waals surface area contributed by atoms with E-state index in [1.54, 1.807) is 43.3 Å². The topological polar surface area (TPSA) is 97.6 Å². The number of nitrogens with zero attached hydrogens (tertiary/aromatic N) is 3. The first-order valence-electron chi connectivity index (χ1n) is 10.9. The van der Waals surface area contributed by atoms with E-state index in [4.69, 9.17) is 9.15 Å². The number of hydrogen-bond acceptors (Lipinski definition) is 7. The summed E-state index contributed by atoms with van der Waals surface area (Å²) in [7, 11) is 0. The molecule has 1 saturated heterocycles. The number of aromatic nitrogens is 2. The molecule has 2 aromatic carbocycles. The van der Waals surface area contributed by atoms with Crippen LogP contribution in [0.3, 0.4) is 0 Å². The van der Waals surface area contributed by atoms with Crippen molar-refractivity contribution in [1.82, 2.24) is 15.1 Å². The van der Waals surface area contributed by atoms with Gasteiger partial charge in [-0.1, -0.05) is 12.1 Å². The van der Waals surface area contributed by atoms with Crippen LogP contribution >= 0.6 is 0 Å². The summed E-state index contributed by atoms with van der Waals surface area (Å²) in [6.45, 7) is 3.62. The van der Waals surface area contributed by atoms with Gasteiger partial charge in [0.2, 0.25) is 17.7 Å². The molecule has 0 bridgehead atoms. The second kappa shape index (κ2) is 10.4. The number of nitrogens with one attached hydrogen (secondary N) is 1. The molecule has 33 heavy (non-hydrogen) atoms. The number of para-hydroxylation sites is 1. The predicted molar refractivity (Wildman–Crippen MR) is 119 cm³/mol. The van der Waals surface area contributed by atoms with Crippen molar-refractivity contribution in [3.8, 4) is 11.5 Å². The molecule has 0 unspecified atom stereocenters. The summed E-state index contributed by atoms with van der Waals surface area (Å²) >= 11 is 0. The smallest absolute Gasteiger partial charge is 0.340 e. The standard InChI is InChI=1S/C24H25FN4O4/c1-2-32-24(31)19-5-3-4-6-20(19)26-21(30)15-29-13-11-17(12-14-29)23-28-27-22(33-23)16-7-9-18(25)10-8-16/h3-10,17H,2,11-15H2,1H3,(H,26,30). The Morgan fingerprint density at radius 3 is 2.58 bits per heavy atom. The minimum absolute atomic E-state index is 0.107. The third-order valence-electron chi connectivity index (χ3n) is 5.53. The van der Waals surface area contributed by atoms with Gasteiger partial charge in [0.05, 0.1) is 24.4 Å². The van der Waals surface area contributed by atoms with E-state index in [2.05, 4.69) is 20.4 Å². The van der Waals surface area contributed by atoms with Crippen molar-refractivity contribution in [2.24, 2.45) is 0 Å². The third-order valence-corrected chi connectivity index (χ3v) is 5.53. The van der Waals surface area contributed by atoms with Gasteiger partial charge >= 0.3 is 5.97 Å². The molecule has 0 radical (unpaired) electrons. The van der Waals surface area contributed by atoms with Crippen LogP contribution in [0.1, 0.15) is 41.9 Å². The Balaban J connectivity index is 1.30. The van der Waals surface area contributed by atoms with E-state index in [-0.39, 0.29) is 30.8 Å². The summed E-state index contributed by atoms with van der Waals surface area (Å²) < 4.78 is 24.0. The molecule has 172 valence electrons. The highest BCUT2D eigenvalue weighted by Crippen LogP contribution is 2.29. The van der Waals surface area contributed by atoms with Crippen LogP contribution in [-0.2, 0) is 9.53 Å². The van der Waals surface area contributed by atoms with Gasteiger partial charge in [0.15, 0.2) is 0 Å². The molecule has 8 nitrogen and oxygen atoms in total. The zero-order chi connectivity index (χ0) is 23.2. The van der Waals surface area contributed by atoms with E-state index in [9.17, 15) is 14.0 Å². The Morgan fingerprint density at radius 1 is 1.12 bits per heavy atom. The molecule has 2 heterocycles. The monoisotopic (exact) mass is 452 g/mol. The van der Waals surface area contributed by atoms with Crippen molar-refractivity contribution in [2.75, 3.05) is 31.6 Å². The van der Waals surface area contributed by atoms with Gasteiger partial charge in [-0.2, -0.15) is 0 Å². The first-order chi connectivity index (χ1) is 16.0. The van der Waals surface area contributed by atoms with Gasteiger partial charge in [-0.05, 0) is 69.3 Å². The van der Waals surface area contributed by atoms with Crippen LogP contribution in [0.5, 0.6) is 0 Å². The average molecular weight is 452 g/mol. The highest BCUT2D eigenvalue weighted by atomic mass is 19.1. The molecule has 1 amide bonds. The maximum absolute atomic E-state index is 13.1. The number of piperidine rings is 1. The molecular weight excluding hydrogens is 427 g/mol. The summed E-state index contributed by atoms with van der Waals surface area (Å²) in [6.07, 6.45) is 1.55. The zero-order valence-electron chi connectivity index (χ0n) is 18.3. The van der Waals surface area contributed by atoms with Gasteiger partial charge in [0.25, 0.3) is 0 Å². The second-order valence-electron chi connectivity index (χ2n) is 7.82. The minimum Gasteiger partial charge on any atom is -0.462 e. The van der Waals surface area contributed by atoms with Crippen molar-refractivity contribution >= 4 is 17.6 Å². The Morgan fingerprint density at radius 2 is 1.85 bits per heavy atom. The number of esters is 1. The summed E-state index contributed by atoms with van der Waals surface area (Å²) in [4.78, 5) is 26.7. The van der Waals surface area contributed by atoms with Crippen molar-refractivity contribution in [3.05, 3.63) is 65.8 Å². The Hall–Kier alpha value is -3.59. The van der Waals surface area contributed by atoms with Crippen molar-refractivity contribution in [3.63, 3.8) is 0 Å². The number of hydrogen-bond donors (Lipinski definition) is 1. The van der Waals surface area contributed by atoms with Crippen molar-refractivity contribution < 1.29 is 23.1 Å². The van der Waals surface area contributed by atoms with Crippen LogP contribution < -0.4 is 5.32 Å². The molecule has 1 aliphatic heterocycles. The second-order valence-corrected chi connectivity index (χ2v) is 7.82. The number of amides is 1. The lowest BCUT2D eigenvalue weighted by Crippen LogP contribution is -2.39. The zero-order valence-corrected chi connectivity index (χ0v) is 18.3. The molecule has 0 aliphatic carbocycles. The average Bonchev–Trinajstić information content (AvgIpc) is 3.31. The first-order valence-corrected chi connectivity index (χ1v) is 10.9. The third kappa shape index (κ3) is 5.61. The van der Waals surface area contributed by atoms with E-state index in [1.807, 2.05) is 0 Å². The summed E-state index contributed by atoms with van der Waals surface area (Å²) in [5, 5.41) is 11.1. The van der Waals surface area contributed by atoms with Gasteiger partial charge in [-0.15, -0.1) is 10.2 Å². The van der Waals surface area contributed by atoms with Gasteiger partial charge in [-0.3, -0.25) is 9.69 Å². The Kier molecular flexibility index (Phi) is 7.09. The Bertz CT molecular complexity index is 1110. The van der Waals surface area contributed by atoms with Gasteiger partial charge in [-0.25, -0.2) is 9.18 Å². The molecule has 9 heteroatoms. The van der Waals surface area contributed by atoms with Crippen molar-refractivity contribution in [1.29, 1.82) is 0 Å². The maximum Gasteiger partial charge on any atom is 0.340 e. The van der Waals surface area contributed by atoms with Crippen LogP contribution in [0.2, 0.25) is 0 Å². The van der Waals surface area contributed by atoms with Crippen LogP contribution in [0.25, 0.3) is 11.5 Å².